The largest absolute Gasteiger partial charge is 0.623 e. The highest BCUT2D eigenvalue weighted by Crippen LogP contribution is 2.05. The lowest BCUT2D eigenvalue weighted by Gasteiger charge is -2.20. The molecule has 0 unspecified atom stereocenters. The number of aliphatic hydroxyl groups excluding tert-OH is 1. The molecule has 0 aliphatic rings. The van der Waals surface area contributed by atoms with E-state index in [0.29, 0.717) is 5.69 Å². The molecule has 1 heterocycles. The van der Waals surface area contributed by atoms with E-state index in [2.05, 4.69) is 4.98 Å². The topological polar surface area (TPSA) is 59.2 Å². The molecule has 1 aromatic rings. The van der Waals surface area contributed by atoms with Gasteiger partial charge in [0.25, 0.3) is 0 Å². The standard InChI is InChI=1S/C10H14N2O2/c1-10(2,8-13)12(14)7-9-5-3-4-6-11-9/h3-7,13H,8H2,1-2H3. The summed E-state index contributed by atoms with van der Waals surface area (Å²) >= 11 is 0. The molecular weight excluding hydrogens is 180 g/mol. The molecule has 14 heavy (non-hydrogen) atoms. The van der Waals surface area contributed by atoms with Crippen molar-refractivity contribution >= 4 is 6.21 Å². The van der Waals surface area contributed by atoms with Gasteiger partial charge < -0.3 is 10.3 Å². The van der Waals surface area contributed by atoms with Crippen molar-refractivity contribution in [2.75, 3.05) is 6.61 Å². The Kier molecular flexibility index (Phi) is 3.19. The molecule has 1 rings (SSSR count). The molecule has 4 nitrogen and oxygen atoms in total. The quantitative estimate of drug-likeness (QED) is 0.335. The molecule has 0 aromatic carbocycles. The number of nitrogens with zero attached hydrogens (tertiary/aromatic N) is 2. The number of aliphatic hydroxyl groups is 1. The molecule has 4 heteroatoms. The van der Waals surface area contributed by atoms with Crippen LogP contribution in [0.2, 0.25) is 0 Å². The number of hydroxylamine groups is 1. The second kappa shape index (κ2) is 4.19. The molecule has 1 aromatic heterocycles. The number of hydrogen-bond donors (Lipinski definition) is 1. The summed E-state index contributed by atoms with van der Waals surface area (Å²) in [6, 6.07) is 5.32. The number of rotatable bonds is 3. The van der Waals surface area contributed by atoms with Crippen LogP contribution in [0, 0.1) is 5.21 Å². The molecule has 0 aliphatic heterocycles. The van der Waals surface area contributed by atoms with Gasteiger partial charge in [0.2, 0.25) is 6.21 Å². The lowest BCUT2D eigenvalue weighted by Crippen LogP contribution is -2.37. The van der Waals surface area contributed by atoms with Crippen molar-refractivity contribution in [3.63, 3.8) is 0 Å². The molecule has 0 saturated carbocycles. The van der Waals surface area contributed by atoms with Gasteiger partial charge in [0.15, 0.2) is 5.54 Å². The van der Waals surface area contributed by atoms with E-state index >= 15 is 0 Å². The predicted octanol–water partition coefficient (Wildman–Crippen LogP) is 0.782. The van der Waals surface area contributed by atoms with E-state index in [0.717, 1.165) is 4.74 Å². The Hall–Kier alpha value is -1.42. The third-order valence-electron chi connectivity index (χ3n) is 1.92. The summed E-state index contributed by atoms with van der Waals surface area (Å²) in [5, 5.41) is 20.5. The lowest BCUT2D eigenvalue weighted by molar-refractivity contribution is -0.539. The van der Waals surface area contributed by atoms with E-state index in [1.54, 1.807) is 38.2 Å². The zero-order valence-electron chi connectivity index (χ0n) is 8.34. The molecule has 0 fully saturated rings. The maximum Gasteiger partial charge on any atom is 0.200 e. The minimum atomic E-state index is -0.808. The first-order valence-corrected chi connectivity index (χ1v) is 4.39. The van der Waals surface area contributed by atoms with Crippen molar-refractivity contribution in [2.45, 2.75) is 19.4 Å². The van der Waals surface area contributed by atoms with Gasteiger partial charge in [-0.15, -0.1) is 0 Å². The predicted molar refractivity (Wildman–Crippen MR) is 54.2 cm³/mol. The summed E-state index contributed by atoms with van der Waals surface area (Å²) in [6.07, 6.45) is 2.99. The van der Waals surface area contributed by atoms with Gasteiger partial charge in [0.1, 0.15) is 12.3 Å². The fourth-order valence-corrected chi connectivity index (χ4v) is 0.817. The molecule has 0 amide bonds. The Morgan fingerprint density at radius 2 is 2.29 bits per heavy atom. The summed E-state index contributed by atoms with van der Waals surface area (Å²) in [5.41, 5.74) is -0.221. The van der Waals surface area contributed by atoms with E-state index in [4.69, 9.17) is 5.11 Å². The minimum absolute atomic E-state index is 0.195. The maximum atomic E-state index is 11.5. The Balaban J connectivity index is 2.89. The Morgan fingerprint density at radius 3 is 2.79 bits per heavy atom. The van der Waals surface area contributed by atoms with Crippen LogP contribution < -0.4 is 0 Å². The summed E-state index contributed by atoms with van der Waals surface area (Å²) < 4.78 is 0.718. The van der Waals surface area contributed by atoms with Gasteiger partial charge in [-0.3, -0.25) is 4.98 Å². The van der Waals surface area contributed by atoms with Crippen molar-refractivity contribution in [2.24, 2.45) is 0 Å². The van der Waals surface area contributed by atoms with E-state index in [1.165, 1.54) is 6.21 Å². The van der Waals surface area contributed by atoms with Gasteiger partial charge in [0, 0.05) is 20.0 Å². The highest BCUT2D eigenvalue weighted by molar-refractivity contribution is 5.72. The summed E-state index contributed by atoms with van der Waals surface area (Å²) in [5.74, 6) is 0. The fraction of sp³-hybridized carbons (Fsp3) is 0.400. The molecule has 76 valence electrons. The van der Waals surface area contributed by atoms with Crippen LogP contribution in [0.5, 0.6) is 0 Å². The van der Waals surface area contributed by atoms with E-state index in [1.807, 2.05) is 0 Å². The van der Waals surface area contributed by atoms with Crippen molar-refractivity contribution in [3.8, 4) is 0 Å². The number of aromatic nitrogens is 1. The average molecular weight is 194 g/mol. The summed E-state index contributed by atoms with van der Waals surface area (Å²) in [6.45, 7) is 3.14. The lowest BCUT2D eigenvalue weighted by atomic mass is 10.1. The Bertz CT molecular complexity index is 320. The fourth-order valence-electron chi connectivity index (χ4n) is 0.817. The van der Waals surface area contributed by atoms with Gasteiger partial charge >= 0.3 is 0 Å². The van der Waals surface area contributed by atoms with Crippen LogP contribution >= 0.6 is 0 Å². The molecule has 1 N–H and O–H groups in total. The van der Waals surface area contributed by atoms with Crippen molar-refractivity contribution in [3.05, 3.63) is 35.3 Å². The van der Waals surface area contributed by atoms with Gasteiger partial charge in [-0.05, 0) is 12.1 Å². The first-order valence-electron chi connectivity index (χ1n) is 4.39. The SMILES string of the molecule is CC(C)(CO)[N+]([O-])=Cc1ccccn1. The van der Waals surface area contributed by atoms with Crippen LogP contribution in [0.4, 0.5) is 0 Å². The summed E-state index contributed by atoms with van der Waals surface area (Å²) in [7, 11) is 0. The molecule has 0 radical (unpaired) electrons. The van der Waals surface area contributed by atoms with Crippen LogP contribution in [-0.2, 0) is 0 Å². The summed E-state index contributed by atoms with van der Waals surface area (Å²) in [4.78, 5) is 3.99. The van der Waals surface area contributed by atoms with Crippen molar-refractivity contribution < 1.29 is 9.85 Å². The molecule has 0 aliphatic carbocycles. The van der Waals surface area contributed by atoms with Gasteiger partial charge in [0.05, 0.1) is 0 Å². The monoisotopic (exact) mass is 194 g/mol. The van der Waals surface area contributed by atoms with E-state index in [-0.39, 0.29) is 6.61 Å². The molecule has 0 atom stereocenters. The zero-order valence-corrected chi connectivity index (χ0v) is 8.34. The van der Waals surface area contributed by atoms with Gasteiger partial charge in [-0.25, -0.2) is 4.74 Å². The Morgan fingerprint density at radius 1 is 1.57 bits per heavy atom. The number of hydrogen-bond acceptors (Lipinski definition) is 3. The van der Waals surface area contributed by atoms with Crippen LogP contribution in [0.15, 0.2) is 24.4 Å². The van der Waals surface area contributed by atoms with Crippen LogP contribution in [0.3, 0.4) is 0 Å². The molecule has 0 spiro atoms. The third kappa shape index (κ3) is 2.53. The average Bonchev–Trinajstić information content (AvgIpc) is 2.19. The van der Waals surface area contributed by atoms with Crippen LogP contribution in [0.1, 0.15) is 19.5 Å². The van der Waals surface area contributed by atoms with Crippen molar-refractivity contribution in [1.29, 1.82) is 0 Å². The normalized spacial score (nSPS) is 12.9. The Labute approximate surface area is 83.1 Å². The molecule has 0 bridgehead atoms. The second-order valence-electron chi connectivity index (χ2n) is 3.68. The second-order valence-corrected chi connectivity index (χ2v) is 3.68. The van der Waals surface area contributed by atoms with Gasteiger partial charge in [-0.2, -0.15) is 0 Å². The third-order valence-corrected chi connectivity index (χ3v) is 1.92. The van der Waals surface area contributed by atoms with Crippen molar-refractivity contribution in [1.82, 2.24) is 4.98 Å². The first-order chi connectivity index (χ1) is 6.56. The maximum absolute atomic E-state index is 11.5. The van der Waals surface area contributed by atoms with Crippen LogP contribution in [-0.4, -0.2) is 33.2 Å². The molecule has 0 saturated heterocycles. The highest BCUT2D eigenvalue weighted by atomic mass is 16.5. The van der Waals surface area contributed by atoms with Gasteiger partial charge in [-0.1, -0.05) is 6.07 Å². The first kappa shape index (κ1) is 10.7. The smallest absolute Gasteiger partial charge is 0.200 e. The minimum Gasteiger partial charge on any atom is -0.623 e. The van der Waals surface area contributed by atoms with E-state index in [9.17, 15) is 5.21 Å². The number of pyridine rings is 1. The van der Waals surface area contributed by atoms with Crippen LogP contribution in [0.25, 0.3) is 0 Å². The zero-order chi connectivity index (χ0) is 10.6. The highest BCUT2D eigenvalue weighted by Gasteiger charge is 2.24. The van der Waals surface area contributed by atoms with E-state index < -0.39 is 5.54 Å². The molecular formula is C10H14N2O2.